The lowest BCUT2D eigenvalue weighted by atomic mass is 10.2. The van der Waals surface area contributed by atoms with Crippen LogP contribution in [0, 0.1) is 0 Å². The molecule has 2 rings (SSSR count). The Morgan fingerprint density at radius 2 is 2.19 bits per heavy atom. The molecule has 114 valence electrons. The molecule has 2 amide bonds. The number of tetrazole rings is 1. The van der Waals surface area contributed by atoms with E-state index < -0.39 is 30.2 Å². The number of primary amides is 1. The molecule has 4 N–H and O–H groups in total. The summed E-state index contributed by atoms with van der Waals surface area (Å²) in [6.45, 7) is 0. The van der Waals surface area contributed by atoms with Crippen LogP contribution in [0.4, 0.5) is 0 Å². The van der Waals surface area contributed by atoms with Gasteiger partial charge in [-0.25, -0.2) is 9.48 Å². The van der Waals surface area contributed by atoms with Crippen molar-refractivity contribution in [2.24, 2.45) is 5.73 Å². The van der Waals surface area contributed by atoms with Gasteiger partial charge in [0.05, 0.1) is 18.2 Å². The highest BCUT2D eigenvalue weighted by Gasteiger charge is 2.28. The number of carboxylic acids is 1. The topological polar surface area (TPSA) is 153 Å². The quantitative estimate of drug-likeness (QED) is 0.492. The average Bonchev–Trinajstić information content (AvgIpc) is 3.14. The molecule has 0 aromatic carbocycles. The molecule has 0 radical (unpaired) electrons. The van der Waals surface area contributed by atoms with Crippen LogP contribution >= 0.6 is 11.8 Å². The van der Waals surface area contributed by atoms with E-state index in [-0.39, 0.29) is 11.8 Å². The number of hydrogen-bond donors (Lipinski definition) is 3. The summed E-state index contributed by atoms with van der Waals surface area (Å²) in [6.07, 6.45) is 1.56. The Hall–Kier alpha value is -2.17. The summed E-state index contributed by atoms with van der Waals surface area (Å²) in [5.41, 5.74) is 4.93. The Bertz CT molecular complexity index is 557. The van der Waals surface area contributed by atoms with E-state index in [9.17, 15) is 14.4 Å². The number of hydrogen-bond acceptors (Lipinski definition) is 7. The summed E-state index contributed by atoms with van der Waals surface area (Å²) < 4.78 is 1.65. The van der Waals surface area contributed by atoms with E-state index in [4.69, 9.17) is 10.8 Å². The lowest BCUT2D eigenvalue weighted by Gasteiger charge is -2.12. The van der Waals surface area contributed by atoms with Gasteiger partial charge in [-0.2, -0.15) is 0 Å². The number of carboxylic acid groups (broad SMARTS) is 1. The minimum atomic E-state index is -1.32. The van der Waals surface area contributed by atoms with Crippen molar-refractivity contribution in [2.45, 2.75) is 36.5 Å². The van der Waals surface area contributed by atoms with Gasteiger partial charge in [-0.15, -0.1) is 5.10 Å². The van der Waals surface area contributed by atoms with Gasteiger partial charge in [-0.1, -0.05) is 11.8 Å². The first kappa shape index (κ1) is 15.2. The van der Waals surface area contributed by atoms with Crippen molar-refractivity contribution in [3.8, 4) is 0 Å². The second-order valence-corrected chi connectivity index (χ2v) is 5.50. The molecule has 1 aliphatic carbocycles. The van der Waals surface area contributed by atoms with Gasteiger partial charge in [0.15, 0.2) is 0 Å². The van der Waals surface area contributed by atoms with E-state index in [0.29, 0.717) is 5.16 Å². The van der Waals surface area contributed by atoms with Crippen molar-refractivity contribution >= 4 is 29.5 Å². The molecule has 1 fully saturated rings. The number of carbonyl (C=O) groups excluding carboxylic acids is 2. The highest BCUT2D eigenvalue weighted by molar-refractivity contribution is 7.99. The smallest absolute Gasteiger partial charge is 0.326 e. The largest absolute Gasteiger partial charge is 0.480 e. The third kappa shape index (κ3) is 4.41. The van der Waals surface area contributed by atoms with E-state index in [1.54, 1.807) is 4.68 Å². The Labute approximate surface area is 123 Å². The van der Waals surface area contributed by atoms with Crippen LogP contribution in [0.3, 0.4) is 0 Å². The van der Waals surface area contributed by atoms with Gasteiger partial charge in [-0.05, 0) is 23.3 Å². The molecule has 11 heteroatoms. The zero-order chi connectivity index (χ0) is 15.4. The molecule has 1 atom stereocenters. The van der Waals surface area contributed by atoms with Crippen molar-refractivity contribution in [1.82, 2.24) is 25.5 Å². The molecule has 0 aliphatic heterocycles. The molecule has 10 nitrogen and oxygen atoms in total. The van der Waals surface area contributed by atoms with Gasteiger partial charge >= 0.3 is 5.97 Å². The second-order valence-electron chi connectivity index (χ2n) is 4.55. The first-order chi connectivity index (χ1) is 9.97. The fraction of sp³-hybridized carbons (Fsp3) is 0.600. The van der Waals surface area contributed by atoms with Crippen LogP contribution in [0.2, 0.25) is 0 Å². The SMILES string of the molecule is NC(=O)C[C@@H](NC(=O)CSc1nnnn1C1CC1)C(=O)O. The zero-order valence-electron chi connectivity index (χ0n) is 10.9. The van der Waals surface area contributed by atoms with Crippen molar-refractivity contribution in [1.29, 1.82) is 0 Å². The highest BCUT2D eigenvalue weighted by atomic mass is 32.2. The van der Waals surface area contributed by atoms with Gasteiger partial charge in [0.1, 0.15) is 6.04 Å². The summed E-state index contributed by atoms with van der Waals surface area (Å²) in [5.74, 6) is -2.68. The lowest BCUT2D eigenvalue weighted by Crippen LogP contribution is -2.44. The molecule has 0 spiro atoms. The predicted octanol–water partition coefficient (Wildman–Crippen LogP) is -1.46. The molecule has 0 bridgehead atoms. The van der Waals surface area contributed by atoms with Crippen LogP contribution in [-0.4, -0.2) is 54.9 Å². The summed E-state index contributed by atoms with van der Waals surface area (Å²) in [7, 11) is 0. The molecule has 1 aliphatic rings. The van der Waals surface area contributed by atoms with E-state index in [1.807, 2.05) is 0 Å². The van der Waals surface area contributed by atoms with Crippen LogP contribution in [0.25, 0.3) is 0 Å². The number of nitrogens with zero attached hydrogens (tertiary/aromatic N) is 4. The molecule has 0 unspecified atom stereocenters. The molecular weight excluding hydrogens is 300 g/mol. The average molecular weight is 314 g/mol. The number of nitrogens with one attached hydrogen (secondary N) is 1. The Morgan fingerprint density at radius 1 is 1.48 bits per heavy atom. The molecular formula is C10H14N6O4S. The molecule has 1 saturated carbocycles. The summed E-state index contributed by atoms with van der Waals surface area (Å²) in [6, 6.07) is -1.04. The third-order valence-corrected chi connectivity index (χ3v) is 3.66. The zero-order valence-corrected chi connectivity index (χ0v) is 11.7. The minimum absolute atomic E-state index is 0.0460. The normalized spacial score (nSPS) is 15.4. The van der Waals surface area contributed by atoms with Gasteiger partial charge in [0.2, 0.25) is 17.0 Å². The molecule has 1 aromatic heterocycles. The molecule has 1 heterocycles. The maximum atomic E-state index is 11.7. The highest BCUT2D eigenvalue weighted by Crippen LogP contribution is 2.36. The number of rotatable bonds is 8. The second kappa shape index (κ2) is 6.52. The van der Waals surface area contributed by atoms with Gasteiger partial charge in [0.25, 0.3) is 0 Å². The number of amides is 2. The number of thioether (sulfide) groups is 1. The molecule has 21 heavy (non-hydrogen) atoms. The number of aliphatic carboxylic acids is 1. The number of carbonyl (C=O) groups is 3. The van der Waals surface area contributed by atoms with E-state index >= 15 is 0 Å². The number of nitrogens with two attached hydrogens (primary N) is 1. The standard InChI is InChI=1S/C10H14N6O4S/c11-7(17)3-6(9(19)20)12-8(18)4-21-10-13-14-15-16(10)5-1-2-5/h5-6H,1-4H2,(H2,11,17)(H,12,18)(H,19,20)/t6-/m1/s1. The Kier molecular flexibility index (Phi) is 4.73. The van der Waals surface area contributed by atoms with E-state index in [2.05, 4.69) is 20.8 Å². The van der Waals surface area contributed by atoms with Crippen molar-refractivity contribution < 1.29 is 19.5 Å². The predicted molar refractivity (Wildman–Crippen MR) is 70.2 cm³/mol. The van der Waals surface area contributed by atoms with Crippen molar-refractivity contribution in [3.63, 3.8) is 0 Å². The van der Waals surface area contributed by atoms with Crippen molar-refractivity contribution in [3.05, 3.63) is 0 Å². The minimum Gasteiger partial charge on any atom is -0.480 e. The van der Waals surface area contributed by atoms with Crippen LogP contribution in [0.15, 0.2) is 5.16 Å². The summed E-state index contributed by atoms with van der Waals surface area (Å²) in [4.78, 5) is 33.3. The molecule has 0 saturated heterocycles. The lowest BCUT2D eigenvalue weighted by molar-refractivity contribution is -0.143. The van der Waals surface area contributed by atoms with Crippen LogP contribution in [0.5, 0.6) is 0 Å². The molecule has 1 aromatic rings. The van der Waals surface area contributed by atoms with Gasteiger partial charge in [-0.3, -0.25) is 9.59 Å². The van der Waals surface area contributed by atoms with Crippen LogP contribution < -0.4 is 11.1 Å². The number of aromatic nitrogens is 4. The van der Waals surface area contributed by atoms with Crippen LogP contribution in [0.1, 0.15) is 25.3 Å². The maximum Gasteiger partial charge on any atom is 0.326 e. The fourth-order valence-electron chi connectivity index (χ4n) is 1.60. The van der Waals surface area contributed by atoms with Gasteiger partial charge < -0.3 is 16.2 Å². The van der Waals surface area contributed by atoms with Crippen molar-refractivity contribution in [2.75, 3.05) is 5.75 Å². The third-order valence-electron chi connectivity index (χ3n) is 2.73. The summed E-state index contributed by atoms with van der Waals surface area (Å²) in [5, 5.41) is 22.8. The van der Waals surface area contributed by atoms with E-state index in [1.165, 1.54) is 0 Å². The van der Waals surface area contributed by atoms with Crippen LogP contribution in [-0.2, 0) is 14.4 Å². The monoisotopic (exact) mass is 314 g/mol. The fourth-order valence-corrected chi connectivity index (χ4v) is 2.35. The summed E-state index contributed by atoms with van der Waals surface area (Å²) >= 11 is 1.11. The first-order valence-electron chi connectivity index (χ1n) is 6.18. The van der Waals surface area contributed by atoms with E-state index in [0.717, 1.165) is 24.6 Å². The Balaban J connectivity index is 1.84. The Morgan fingerprint density at radius 3 is 2.76 bits per heavy atom. The maximum absolute atomic E-state index is 11.7. The van der Waals surface area contributed by atoms with Gasteiger partial charge in [0, 0.05) is 0 Å². The first-order valence-corrected chi connectivity index (χ1v) is 7.17.